The standard InChI is InChI=1S/C54H95NO10/c1-4-7-10-13-16-19-22-24-26-29-31-34-37-40-46(57)45(55-53(62)47(58)41-38-35-32-28-21-18-15-12-9-6-3)44-63-54-52(51(61)50(60)48(43-56)64-54)65-49(59)42-39-36-33-30-27-25-23-20-17-14-11-8-5-2/h8,11,14-15,17-18,20,23,37,40,45-48,50-52,54,56-58,60-61H,4-7,9-10,12-13,16,19,21-22,24-36,38-39,41-44H2,1-3H3,(H,55,62)/b11-8+,17-14+,18-15-,23-20-,40-37+. The number of aliphatic hydroxyl groups is 5. The van der Waals surface area contributed by atoms with Crippen LogP contribution in [0.5, 0.6) is 0 Å². The van der Waals surface area contributed by atoms with E-state index >= 15 is 0 Å². The zero-order valence-corrected chi connectivity index (χ0v) is 41.1. The van der Waals surface area contributed by atoms with Crippen LogP contribution in [0.4, 0.5) is 0 Å². The van der Waals surface area contributed by atoms with Crippen LogP contribution in [0.15, 0.2) is 60.8 Å². The topological polar surface area (TPSA) is 175 Å². The quantitative estimate of drug-likeness (QED) is 0.0150. The highest BCUT2D eigenvalue weighted by molar-refractivity contribution is 5.80. The van der Waals surface area contributed by atoms with Gasteiger partial charge in [0.2, 0.25) is 5.91 Å². The third-order valence-electron chi connectivity index (χ3n) is 12.0. The monoisotopic (exact) mass is 918 g/mol. The Morgan fingerprint density at radius 2 is 1.14 bits per heavy atom. The summed E-state index contributed by atoms with van der Waals surface area (Å²) in [6.45, 7) is 5.55. The van der Waals surface area contributed by atoms with E-state index in [0.29, 0.717) is 12.8 Å². The molecule has 1 saturated heterocycles. The van der Waals surface area contributed by atoms with Gasteiger partial charge in [-0.05, 0) is 64.2 Å². The molecule has 8 atom stereocenters. The number of hydrogen-bond donors (Lipinski definition) is 6. The molecule has 1 fully saturated rings. The van der Waals surface area contributed by atoms with Gasteiger partial charge in [-0.25, -0.2) is 0 Å². The average Bonchev–Trinajstić information content (AvgIpc) is 3.30. The van der Waals surface area contributed by atoms with E-state index in [4.69, 9.17) is 14.2 Å². The summed E-state index contributed by atoms with van der Waals surface area (Å²) in [6.07, 6.45) is 39.9. The Labute approximate surface area is 395 Å². The third kappa shape index (κ3) is 31.9. The molecule has 65 heavy (non-hydrogen) atoms. The Balaban J connectivity index is 2.81. The largest absolute Gasteiger partial charge is 0.454 e. The van der Waals surface area contributed by atoms with E-state index in [1.165, 1.54) is 70.6 Å². The molecule has 0 aromatic rings. The molecular weight excluding hydrogens is 823 g/mol. The second kappa shape index (κ2) is 42.7. The number of carbonyl (C=O) groups excluding carboxylic acids is 2. The normalized spacial score (nSPS) is 20.8. The van der Waals surface area contributed by atoms with Crippen molar-refractivity contribution in [2.75, 3.05) is 13.2 Å². The van der Waals surface area contributed by atoms with Crippen LogP contribution in [0.25, 0.3) is 0 Å². The lowest BCUT2D eigenvalue weighted by Crippen LogP contribution is -2.61. The lowest BCUT2D eigenvalue weighted by atomic mass is 9.99. The fraction of sp³-hybridized carbons (Fsp3) is 0.778. The summed E-state index contributed by atoms with van der Waals surface area (Å²) < 4.78 is 17.5. The van der Waals surface area contributed by atoms with Gasteiger partial charge in [0, 0.05) is 6.42 Å². The van der Waals surface area contributed by atoms with Crippen LogP contribution in [0, 0.1) is 0 Å². The predicted octanol–water partition coefficient (Wildman–Crippen LogP) is 10.7. The maximum absolute atomic E-state index is 13.3. The minimum Gasteiger partial charge on any atom is -0.454 e. The van der Waals surface area contributed by atoms with E-state index in [-0.39, 0.29) is 19.4 Å². The van der Waals surface area contributed by atoms with Crippen molar-refractivity contribution in [3.8, 4) is 0 Å². The molecule has 0 bridgehead atoms. The lowest BCUT2D eigenvalue weighted by Gasteiger charge is -2.41. The summed E-state index contributed by atoms with van der Waals surface area (Å²) in [6, 6.07) is -1.03. The van der Waals surface area contributed by atoms with Crippen molar-refractivity contribution < 1.29 is 49.3 Å². The summed E-state index contributed by atoms with van der Waals surface area (Å²) in [7, 11) is 0. The van der Waals surface area contributed by atoms with Crippen molar-refractivity contribution in [3.05, 3.63) is 60.8 Å². The fourth-order valence-electron chi connectivity index (χ4n) is 7.75. The lowest BCUT2D eigenvalue weighted by molar-refractivity contribution is -0.305. The number of allylic oxidation sites excluding steroid dienone is 9. The van der Waals surface area contributed by atoms with Crippen LogP contribution in [0.1, 0.15) is 207 Å². The van der Waals surface area contributed by atoms with Crippen molar-refractivity contribution in [3.63, 3.8) is 0 Å². The number of unbranched alkanes of at least 4 members (excludes halogenated alkanes) is 22. The van der Waals surface area contributed by atoms with Crippen molar-refractivity contribution in [1.82, 2.24) is 5.32 Å². The van der Waals surface area contributed by atoms with Crippen LogP contribution >= 0.6 is 0 Å². The molecule has 0 aliphatic carbocycles. The molecule has 0 aromatic carbocycles. The smallest absolute Gasteiger partial charge is 0.306 e. The van der Waals surface area contributed by atoms with Crippen molar-refractivity contribution in [1.29, 1.82) is 0 Å². The minimum atomic E-state index is -1.62. The molecule has 0 radical (unpaired) electrons. The first-order valence-corrected chi connectivity index (χ1v) is 26.1. The highest BCUT2D eigenvalue weighted by Crippen LogP contribution is 2.26. The Morgan fingerprint density at radius 3 is 1.74 bits per heavy atom. The second-order valence-corrected chi connectivity index (χ2v) is 17.9. The molecule has 0 spiro atoms. The van der Waals surface area contributed by atoms with Gasteiger partial charge >= 0.3 is 5.97 Å². The van der Waals surface area contributed by atoms with Gasteiger partial charge in [-0.2, -0.15) is 0 Å². The minimum absolute atomic E-state index is 0.0980. The predicted molar refractivity (Wildman–Crippen MR) is 264 cm³/mol. The highest BCUT2D eigenvalue weighted by atomic mass is 16.7. The molecule has 376 valence electrons. The molecule has 11 heteroatoms. The molecule has 1 heterocycles. The van der Waals surface area contributed by atoms with E-state index in [9.17, 15) is 35.1 Å². The van der Waals surface area contributed by atoms with E-state index in [1.807, 2.05) is 24.3 Å². The summed E-state index contributed by atoms with van der Waals surface area (Å²) in [5.74, 6) is -1.23. The molecule has 0 saturated carbocycles. The van der Waals surface area contributed by atoms with Gasteiger partial charge in [0.05, 0.1) is 25.4 Å². The summed E-state index contributed by atoms with van der Waals surface area (Å²) in [4.78, 5) is 26.3. The molecular formula is C54H95NO10. The molecule has 0 aromatic heterocycles. The number of esters is 1. The number of hydrogen-bond acceptors (Lipinski definition) is 10. The van der Waals surface area contributed by atoms with Gasteiger partial charge in [0.25, 0.3) is 0 Å². The van der Waals surface area contributed by atoms with Gasteiger partial charge in [0.15, 0.2) is 12.4 Å². The first-order chi connectivity index (χ1) is 31.7. The van der Waals surface area contributed by atoms with Crippen LogP contribution in [-0.4, -0.2) is 99.6 Å². The first kappa shape index (κ1) is 60.4. The van der Waals surface area contributed by atoms with E-state index in [2.05, 4.69) is 56.5 Å². The fourth-order valence-corrected chi connectivity index (χ4v) is 7.75. The number of aliphatic hydroxyl groups excluding tert-OH is 5. The zero-order chi connectivity index (χ0) is 47.6. The van der Waals surface area contributed by atoms with Gasteiger partial charge < -0.3 is 45.1 Å². The highest BCUT2D eigenvalue weighted by Gasteiger charge is 2.47. The first-order valence-electron chi connectivity index (χ1n) is 26.1. The second-order valence-electron chi connectivity index (χ2n) is 17.9. The van der Waals surface area contributed by atoms with Gasteiger partial charge in [-0.1, -0.05) is 197 Å². The molecule has 1 amide bonds. The van der Waals surface area contributed by atoms with Gasteiger partial charge in [0.1, 0.15) is 24.4 Å². The molecule has 1 aliphatic rings. The number of carbonyl (C=O) groups is 2. The van der Waals surface area contributed by atoms with E-state index in [1.54, 1.807) is 6.08 Å². The number of rotatable bonds is 42. The van der Waals surface area contributed by atoms with Crippen LogP contribution in [0.3, 0.4) is 0 Å². The molecule has 1 aliphatic heterocycles. The Bertz CT molecular complexity index is 1280. The van der Waals surface area contributed by atoms with Crippen molar-refractivity contribution in [2.45, 2.75) is 256 Å². The summed E-state index contributed by atoms with van der Waals surface area (Å²) in [5, 5.41) is 56.5. The zero-order valence-electron chi connectivity index (χ0n) is 41.1. The van der Waals surface area contributed by atoms with Crippen LogP contribution in [-0.2, 0) is 23.8 Å². The van der Waals surface area contributed by atoms with E-state index < -0.39 is 67.4 Å². The van der Waals surface area contributed by atoms with E-state index in [0.717, 1.165) is 89.9 Å². The summed E-state index contributed by atoms with van der Waals surface area (Å²) >= 11 is 0. The third-order valence-corrected chi connectivity index (χ3v) is 12.0. The Hall–Kier alpha value is -2.64. The Kier molecular flexibility index (Phi) is 39.7. The van der Waals surface area contributed by atoms with Gasteiger partial charge in [-0.15, -0.1) is 0 Å². The number of amides is 1. The van der Waals surface area contributed by atoms with Crippen molar-refractivity contribution >= 4 is 11.9 Å². The number of ether oxygens (including phenoxy) is 3. The molecule has 11 nitrogen and oxygen atoms in total. The maximum atomic E-state index is 13.3. The van der Waals surface area contributed by atoms with Crippen molar-refractivity contribution in [2.24, 2.45) is 0 Å². The summed E-state index contributed by atoms with van der Waals surface area (Å²) in [5.41, 5.74) is 0. The number of nitrogens with one attached hydrogen (secondary N) is 1. The SMILES string of the molecule is CC/C=C/C=C/C=C\CCCCCCCC(=O)OC1C(OCC(NC(=O)C(O)CCCCCC/C=C\CCCC)C(O)/C=C/CCCCCCCCCCCCC)OC(CO)C(O)C1O. The molecule has 8 unspecified atom stereocenters. The van der Waals surface area contributed by atoms with Crippen LogP contribution < -0.4 is 5.32 Å². The molecule has 6 N–H and O–H groups in total. The Morgan fingerprint density at radius 1 is 0.615 bits per heavy atom. The average molecular weight is 918 g/mol. The maximum Gasteiger partial charge on any atom is 0.306 e. The van der Waals surface area contributed by atoms with Crippen LogP contribution in [0.2, 0.25) is 0 Å². The van der Waals surface area contributed by atoms with Gasteiger partial charge in [-0.3, -0.25) is 9.59 Å². The molecule has 1 rings (SSSR count).